The van der Waals surface area contributed by atoms with Crippen LogP contribution >= 0.6 is 0 Å². The van der Waals surface area contributed by atoms with Crippen molar-refractivity contribution >= 4 is 15.7 Å². The van der Waals surface area contributed by atoms with Crippen molar-refractivity contribution < 1.29 is 8.42 Å². The van der Waals surface area contributed by atoms with Gasteiger partial charge in [0.05, 0.1) is 17.4 Å². The van der Waals surface area contributed by atoms with Crippen LogP contribution in [-0.4, -0.2) is 24.7 Å². The second-order valence-corrected chi connectivity index (χ2v) is 6.48. The molecular weight excluding hydrogens is 288 g/mol. The highest BCUT2D eigenvalue weighted by molar-refractivity contribution is 7.89. The minimum Gasteiger partial charge on any atom is -0.376 e. The second-order valence-electron chi connectivity index (χ2n) is 4.74. The third-order valence-electron chi connectivity index (χ3n) is 3.19. The molecular formula is C14H20N4O2S. The highest BCUT2D eigenvalue weighted by Gasteiger charge is 2.19. The highest BCUT2D eigenvalue weighted by atomic mass is 32.2. The first-order valence-electron chi connectivity index (χ1n) is 6.79. The van der Waals surface area contributed by atoms with Crippen LogP contribution in [0.2, 0.25) is 0 Å². The molecule has 0 aliphatic carbocycles. The summed E-state index contributed by atoms with van der Waals surface area (Å²) in [6, 6.07) is 8.72. The van der Waals surface area contributed by atoms with Gasteiger partial charge in [-0.05, 0) is 25.1 Å². The molecule has 1 aromatic heterocycles. The van der Waals surface area contributed by atoms with Crippen LogP contribution in [0.15, 0.2) is 41.4 Å². The van der Waals surface area contributed by atoms with Gasteiger partial charge in [-0.2, -0.15) is 5.10 Å². The molecule has 0 saturated carbocycles. The SMILES string of the molecule is CCNS(=O)(=O)c1ccccc1NC(C)c1ccnn1C. The van der Waals surface area contributed by atoms with Gasteiger partial charge >= 0.3 is 0 Å². The van der Waals surface area contributed by atoms with E-state index in [-0.39, 0.29) is 10.9 Å². The Bertz CT molecular complexity index is 709. The molecule has 1 atom stereocenters. The van der Waals surface area contributed by atoms with Crippen molar-refractivity contribution in [1.29, 1.82) is 0 Å². The quantitative estimate of drug-likeness (QED) is 0.854. The monoisotopic (exact) mass is 308 g/mol. The molecule has 1 unspecified atom stereocenters. The molecule has 1 heterocycles. The number of hydrogen-bond acceptors (Lipinski definition) is 4. The van der Waals surface area contributed by atoms with Crippen molar-refractivity contribution in [3.63, 3.8) is 0 Å². The number of para-hydroxylation sites is 1. The molecule has 0 spiro atoms. The molecule has 2 aromatic rings. The van der Waals surface area contributed by atoms with Crippen LogP contribution in [0.25, 0.3) is 0 Å². The molecule has 7 heteroatoms. The molecule has 0 fully saturated rings. The number of aryl methyl sites for hydroxylation is 1. The molecule has 0 amide bonds. The predicted molar refractivity (Wildman–Crippen MR) is 82.6 cm³/mol. The van der Waals surface area contributed by atoms with Crippen LogP contribution in [0.3, 0.4) is 0 Å². The molecule has 6 nitrogen and oxygen atoms in total. The van der Waals surface area contributed by atoms with Gasteiger partial charge in [0.15, 0.2) is 0 Å². The second kappa shape index (κ2) is 6.28. The van der Waals surface area contributed by atoms with Crippen LogP contribution in [-0.2, 0) is 17.1 Å². The molecule has 2 rings (SSSR count). The summed E-state index contributed by atoms with van der Waals surface area (Å²) >= 11 is 0. The molecule has 0 saturated heterocycles. The van der Waals surface area contributed by atoms with Gasteiger partial charge in [0.25, 0.3) is 0 Å². The van der Waals surface area contributed by atoms with Gasteiger partial charge in [-0.25, -0.2) is 13.1 Å². The van der Waals surface area contributed by atoms with E-state index >= 15 is 0 Å². The highest BCUT2D eigenvalue weighted by Crippen LogP contribution is 2.25. The largest absolute Gasteiger partial charge is 0.376 e. The normalized spacial score (nSPS) is 13.1. The Hall–Kier alpha value is -1.86. The van der Waals surface area contributed by atoms with Crippen molar-refractivity contribution in [1.82, 2.24) is 14.5 Å². The summed E-state index contributed by atoms with van der Waals surface area (Å²) in [4.78, 5) is 0.251. The third-order valence-corrected chi connectivity index (χ3v) is 4.79. The Morgan fingerprint density at radius 1 is 1.29 bits per heavy atom. The number of anilines is 1. The standard InChI is InChI=1S/C14H20N4O2S/c1-4-16-21(19,20)14-8-6-5-7-12(14)17-11(2)13-9-10-15-18(13)3/h5-11,16-17H,4H2,1-3H3. The fourth-order valence-corrected chi connectivity index (χ4v) is 3.41. The lowest BCUT2D eigenvalue weighted by atomic mass is 10.2. The molecule has 2 N–H and O–H groups in total. The Balaban J connectivity index is 2.31. The molecule has 114 valence electrons. The summed E-state index contributed by atoms with van der Waals surface area (Å²) in [6.45, 7) is 4.08. The van der Waals surface area contributed by atoms with E-state index in [1.807, 2.05) is 26.1 Å². The van der Waals surface area contributed by atoms with Gasteiger partial charge in [0.2, 0.25) is 10.0 Å². The average molecular weight is 308 g/mol. The first-order valence-corrected chi connectivity index (χ1v) is 8.27. The average Bonchev–Trinajstić information content (AvgIpc) is 2.85. The van der Waals surface area contributed by atoms with E-state index in [0.717, 1.165) is 5.69 Å². The summed E-state index contributed by atoms with van der Waals surface area (Å²) in [7, 11) is -1.64. The van der Waals surface area contributed by atoms with E-state index in [0.29, 0.717) is 12.2 Å². The van der Waals surface area contributed by atoms with Crippen LogP contribution in [0.4, 0.5) is 5.69 Å². The third kappa shape index (κ3) is 3.43. The minimum absolute atomic E-state index is 0.0597. The molecule has 21 heavy (non-hydrogen) atoms. The van der Waals surface area contributed by atoms with E-state index in [2.05, 4.69) is 15.1 Å². The van der Waals surface area contributed by atoms with Crippen molar-refractivity contribution in [3.05, 3.63) is 42.2 Å². The number of benzene rings is 1. The van der Waals surface area contributed by atoms with Crippen LogP contribution in [0, 0.1) is 0 Å². The number of rotatable bonds is 6. The maximum absolute atomic E-state index is 12.2. The van der Waals surface area contributed by atoms with Crippen molar-refractivity contribution in [2.45, 2.75) is 24.8 Å². The van der Waals surface area contributed by atoms with Gasteiger partial charge in [-0.1, -0.05) is 19.1 Å². The number of aromatic nitrogens is 2. The zero-order chi connectivity index (χ0) is 15.5. The Kier molecular flexibility index (Phi) is 4.64. The van der Waals surface area contributed by atoms with Crippen molar-refractivity contribution in [2.75, 3.05) is 11.9 Å². The van der Waals surface area contributed by atoms with Crippen molar-refractivity contribution in [3.8, 4) is 0 Å². The fourth-order valence-electron chi connectivity index (χ4n) is 2.20. The topological polar surface area (TPSA) is 76.0 Å². The Morgan fingerprint density at radius 3 is 2.62 bits per heavy atom. The van der Waals surface area contributed by atoms with E-state index in [9.17, 15) is 8.42 Å². The van der Waals surface area contributed by atoms with E-state index in [1.165, 1.54) is 0 Å². The fraction of sp³-hybridized carbons (Fsp3) is 0.357. The smallest absolute Gasteiger partial charge is 0.242 e. The lowest BCUT2D eigenvalue weighted by molar-refractivity contribution is 0.584. The Labute approximate surface area is 125 Å². The number of sulfonamides is 1. The summed E-state index contributed by atoms with van der Waals surface area (Å²) in [6.07, 6.45) is 1.72. The molecule has 0 bridgehead atoms. The van der Waals surface area contributed by atoms with Gasteiger partial charge in [-0.15, -0.1) is 0 Å². The molecule has 0 aliphatic rings. The summed E-state index contributed by atoms with van der Waals surface area (Å²) in [5, 5.41) is 7.36. The van der Waals surface area contributed by atoms with Crippen molar-refractivity contribution in [2.24, 2.45) is 7.05 Å². The van der Waals surface area contributed by atoms with Crippen LogP contribution < -0.4 is 10.0 Å². The van der Waals surface area contributed by atoms with Gasteiger partial charge < -0.3 is 5.32 Å². The minimum atomic E-state index is -3.50. The van der Waals surface area contributed by atoms with E-state index < -0.39 is 10.0 Å². The summed E-state index contributed by atoms with van der Waals surface area (Å²) in [5.74, 6) is 0. The summed E-state index contributed by atoms with van der Waals surface area (Å²) < 4.78 is 28.7. The number of nitrogens with one attached hydrogen (secondary N) is 2. The molecule has 0 radical (unpaired) electrons. The number of nitrogens with zero attached hydrogens (tertiary/aromatic N) is 2. The maximum atomic E-state index is 12.2. The zero-order valence-corrected chi connectivity index (χ0v) is 13.2. The van der Waals surface area contributed by atoms with Crippen LogP contribution in [0.1, 0.15) is 25.6 Å². The number of hydrogen-bond donors (Lipinski definition) is 2. The Morgan fingerprint density at radius 2 is 2.00 bits per heavy atom. The van der Waals surface area contributed by atoms with Gasteiger partial charge in [-0.3, -0.25) is 4.68 Å². The molecule has 0 aliphatic heterocycles. The lowest BCUT2D eigenvalue weighted by Crippen LogP contribution is -2.24. The van der Waals surface area contributed by atoms with E-state index in [4.69, 9.17) is 0 Å². The van der Waals surface area contributed by atoms with Gasteiger partial charge in [0, 0.05) is 19.8 Å². The molecule has 1 aromatic carbocycles. The lowest BCUT2D eigenvalue weighted by Gasteiger charge is -2.18. The van der Waals surface area contributed by atoms with E-state index in [1.54, 1.807) is 36.0 Å². The predicted octanol–water partition coefficient (Wildman–Crippen LogP) is 1.89. The maximum Gasteiger partial charge on any atom is 0.242 e. The van der Waals surface area contributed by atoms with Crippen LogP contribution in [0.5, 0.6) is 0 Å². The summed E-state index contributed by atoms with van der Waals surface area (Å²) in [5.41, 5.74) is 1.55. The zero-order valence-electron chi connectivity index (χ0n) is 12.4. The first kappa shape index (κ1) is 15.5. The van der Waals surface area contributed by atoms with Gasteiger partial charge in [0.1, 0.15) is 4.90 Å². The first-order chi connectivity index (χ1) is 9.95.